The van der Waals surface area contributed by atoms with Gasteiger partial charge in [0.1, 0.15) is 16.7 Å². The fourth-order valence-corrected chi connectivity index (χ4v) is 5.66. The molecule has 0 radical (unpaired) electrons. The van der Waals surface area contributed by atoms with Crippen molar-refractivity contribution in [2.75, 3.05) is 13.7 Å². The third-order valence-electron chi connectivity index (χ3n) is 6.15. The van der Waals surface area contributed by atoms with Crippen LogP contribution in [0.15, 0.2) is 23.1 Å². The lowest BCUT2D eigenvalue weighted by atomic mass is 9.75. The van der Waals surface area contributed by atoms with E-state index in [9.17, 15) is 18.0 Å². The predicted molar refractivity (Wildman–Crippen MR) is 118 cm³/mol. The maximum Gasteiger partial charge on any atom is 0.344 e. The van der Waals surface area contributed by atoms with Gasteiger partial charge in [0.15, 0.2) is 6.61 Å². The van der Waals surface area contributed by atoms with Crippen molar-refractivity contribution in [3.8, 4) is 5.75 Å². The molecule has 2 saturated carbocycles. The highest BCUT2D eigenvalue weighted by atomic mass is 32.2. The summed E-state index contributed by atoms with van der Waals surface area (Å²) in [5.74, 6) is -0.106. The molecule has 3 atom stereocenters. The second-order valence-electron chi connectivity index (χ2n) is 9.19. The van der Waals surface area contributed by atoms with Gasteiger partial charge in [0.05, 0.1) is 12.7 Å². The quantitative estimate of drug-likeness (QED) is 0.555. The van der Waals surface area contributed by atoms with E-state index in [2.05, 4.69) is 25.5 Å². The number of carbonyl (C=O) groups excluding carboxylic acids is 2. The molecular weight excluding hydrogens is 434 g/mol. The molecule has 0 saturated heterocycles. The Morgan fingerprint density at radius 2 is 1.88 bits per heavy atom. The maximum absolute atomic E-state index is 12.6. The van der Waals surface area contributed by atoms with Crippen LogP contribution in [0.25, 0.3) is 0 Å². The van der Waals surface area contributed by atoms with Crippen LogP contribution in [0.4, 0.5) is 0 Å². The summed E-state index contributed by atoms with van der Waals surface area (Å²) in [4.78, 5) is 24.7. The minimum Gasteiger partial charge on any atom is -0.495 e. The van der Waals surface area contributed by atoms with Gasteiger partial charge in [-0.1, -0.05) is 27.2 Å². The molecule has 2 aliphatic carbocycles. The minimum atomic E-state index is -3.84. The predicted octanol–water partition coefficient (Wildman–Crippen LogP) is 3.30. The lowest BCUT2D eigenvalue weighted by molar-refractivity contribution is -0.159. The normalized spacial score (nSPS) is 23.6. The highest BCUT2D eigenvalue weighted by Crippen LogP contribution is 2.35. The van der Waals surface area contributed by atoms with Gasteiger partial charge in [-0.2, -0.15) is 0 Å². The van der Waals surface area contributed by atoms with Crippen molar-refractivity contribution in [1.29, 1.82) is 0 Å². The molecule has 3 rings (SSSR count). The number of rotatable bonds is 9. The molecule has 2 fully saturated rings. The Morgan fingerprint density at radius 3 is 2.50 bits per heavy atom. The van der Waals surface area contributed by atoms with Crippen molar-refractivity contribution in [3.05, 3.63) is 23.8 Å². The minimum absolute atomic E-state index is 0.0149. The Labute approximate surface area is 190 Å². The fourth-order valence-electron chi connectivity index (χ4n) is 4.16. The van der Waals surface area contributed by atoms with Gasteiger partial charge in [-0.25, -0.2) is 22.7 Å². The Hall–Kier alpha value is -2.13. The molecule has 3 unspecified atom stereocenters. The van der Waals surface area contributed by atoms with Crippen LogP contribution in [-0.4, -0.2) is 46.2 Å². The lowest BCUT2D eigenvalue weighted by Gasteiger charge is -2.36. The Morgan fingerprint density at radius 1 is 1.16 bits per heavy atom. The van der Waals surface area contributed by atoms with E-state index >= 15 is 0 Å². The standard InChI is InChI=1S/C23H33NO7S/c1-14(2)18-9-5-15(3)11-20(18)31-22(25)13-30-23(26)16-6-10-19(29-4)21(12-16)32(27,28)24-17-7-8-17/h6,10,12,14-15,17-18,20,24H,5,7-9,11,13H2,1-4H3. The van der Waals surface area contributed by atoms with E-state index in [-0.39, 0.29) is 28.4 Å². The number of hydrogen-bond acceptors (Lipinski definition) is 7. The average Bonchev–Trinajstić information content (AvgIpc) is 3.54. The molecule has 178 valence electrons. The number of ether oxygens (including phenoxy) is 3. The van der Waals surface area contributed by atoms with Gasteiger partial charge in [0.2, 0.25) is 10.0 Å². The van der Waals surface area contributed by atoms with Gasteiger partial charge < -0.3 is 14.2 Å². The molecule has 32 heavy (non-hydrogen) atoms. The summed E-state index contributed by atoms with van der Waals surface area (Å²) >= 11 is 0. The molecular formula is C23H33NO7S. The molecule has 8 nitrogen and oxygen atoms in total. The zero-order valence-corrected chi connectivity index (χ0v) is 19.9. The summed E-state index contributed by atoms with van der Waals surface area (Å²) in [5, 5.41) is 0. The van der Waals surface area contributed by atoms with Crippen LogP contribution in [-0.2, 0) is 24.3 Å². The highest BCUT2D eigenvalue weighted by Gasteiger charge is 2.34. The summed E-state index contributed by atoms with van der Waals surface area (Å²) in [7, 11) is -2.48. The van der Waals surface area contributed by atoms with Gasteiger partial charge in [-0.05, 0) is 61.6 Å². The van der Waals surface area contributed by atoms with Crippen molar-refractivity contribution in [3.63, 3.8) is 0 Å². The maximum atomic E-state index is 12.6. The SMILES string of the molecule is COc1ccc(C(=O)OCC(=O)OC2CC(C)CCC2C(C)C)cc1S(=O)(=O)NC1CC1. The van der Waals surface area contributed by atoms with Gasteiger partial charge >= 0.3 is 11.9 Å². The van der Waals surface area contributed by atoms with Crippen LogP contribution in [0.3, 0.4) is 0 Å². The summed E-state index contributed by atoms with van der Waals surface area (Å²) in [6.45, 7) is 5.86. The van der Waals surface area contributed by atoms with E-state index in [1.165, 1.54) is 25.3 Å². The van der Waals surface area contributed by atoms with Gasteiger partial charge in [0, 0.05) is 6.04 Å². The second-order valence-corrected chi connectivity index (χ2v) is 10.9. The van der Waals surface area contributed by atoms with Crippen molar-refractivity contribution >= 4 is 22.0 Å². The molecule has 0 aliphatic heterocycles. The van der Waals surface area contributed by atoms with Crippen LogP contribution in [0.5, 0.6) is 5.75 Å². The average molecular weight is 468 g/mol. The van der Waals surface area contributed by atoms with Crippen molar-refractivity contribution in [1.82, 2.24) is 4.72 Å². The Bertz CT molecular complexity index is 940. The summed E-state index contributed by atoms with van der Waals surface area (Å²) in [5.41, 5.74) is 0.0149. The largest absolute Gasteiger partial charge is 0.495 e. The number of methoxy groups -OCH3 is 1. The molecule has 0 heterocycles. The smallest absolute Gasteiger partial charge is 0.344 e. The van der Waals surface area contributed by atoms with Gasteiger partial charge in [-0.15, -0.1) is 0 Å². The first-order chi connectivity index (χ1) is 15.1. The van der Waals surface area contributed by atoms with E-state index < -0.39 is 28.6 Å². The number of carbonyl (C=O) groups is 2. The number of nitrogens with one attached hydrogen (secondary N) is 1. The third kappa shape index (κ3) is 6.22. The Balaban J connectivity index is 1.63. The summed E-state index contributed by atoms with van der Waals surface area (Å²) in [6, 6.07) is 3.91. The molecule has 1 aromatic rings. The molecule has 1 N–H and O–H groups in total. The van der Waals surface area contributed by atoms with Crippen molar-refractivity contribution in [2.45, 2.75) is 69.9 Å². The molecule has 0 amide bonds. The summed E-state index contributed by atoms with van der Waals surface area (Å²) in [6.07, 6.45) is 4.30. The van der Waals surface area contributed by atoms with E-state index in [1.54, 1.807) is 0 Å². The molecule has 1 aromatic carbocycles. The monoisotopic (exact) mass is 467 g/mol. The fraction of sp³-hybridized carbons (Fsp3) is 0.652. The van der Waals surface area contributed by atoms with Crippen LogP contribution in [0.1, 0.15) is 63.2 Å². The first-order valence-corrected chi connectivity index (χ1v) is 12.7. The molecule has 0 bridgehead atoms. The molecule has 2 aliphatic rings. The lowest BCUT2D eigenvalue weighted by Crippen LogP contribution is -2.36. The van der Waals surface area contributed by atoms with E-state index in [1.807, 2.05) is 0 Å². The molecule has 0 aromatic heterocycles. The van der Waals surface area contributed by atoms with Crippen LogP contribution >= 0.6 is 0 Å². The van der Waals surface area contributed by atoms with Crippen molar-refractivity contribution in [2.24, 2.45) is 17.8 Å². The first kappa shape index (κ1) is 24.5. The van der Waals surface area contributed by atoms with E-state index in [0.29, 0.717) is 17.8 Å². The van der Waals surface area contributed by atoms with Gasteiger partial charge in [-0.3, -0.25) is 0 Å². The van der Waals surface area contributed by atoms with E-state index in [4.69, 9.17) is 14.2 Å². The highest BCUT2D eigenvalue weighted by molar-refractivity contribution is 7.89. The zero-order valence-electron chi connectivity index (χ0n) is 19.1. The molecule has 9 heteroatoms. The third-order valence-corrected chi connectivity index (χ3v) is 7.69. The second kappa shape index (κ2) is 10.2. The number of benzene rings is 1. The number of esters is 2. The molecule has 0 spiro atoms. The number of sulfonamides is 1. The topological polar surface area (TPSA) is 108 Å². The zero-order chi connectivity index (χ0) is 23.5. The number of hydrogen-bond donors (Lipinski definition) is 1. The van der Waals surface area contributed by atoms with Crippen molar-refractivity contribution < 1.29 is 32.2 Å². The van der Waals surface area contributed by atoms with Crippen LogP contribution in [0, 0.1) is 17.8 Å². The summed E-state index contributed by atoms with van der Waals surface area (Å²) < 4.78 is 43.7. The van der Waals surface area contributed by atoms with Crippen LogP contribution < -0.4 is 9.46 Å². The van der Waals surface area contributed by atoms with Gasteiger partial charge in [0.25, 0.3) is 0 Å². The Kier molecular flexibility index (Phi) is 7.82. The van der Waals surface area contributed by atoms with E-state index in [0.717, 1.165) is 32.1 Å². The van der Waals surface area contributed by atoms with Crippen LogP contribution in [0.2, 0.25) is 0 Å². The first-order valence-electron chi connectivity index (χ1n) is 11.2.